The topological polar surface area (TPSA) is 0 Å². The van der Waals surface area contributed by atoms with Crippen LogP contribution in [-0.4, -0.2) is 0 Å². The Labute approximate surface area is 127 Å². The van der Waals surface area contributed by atoms with Crippen LogP contribution in [0, 0.1) is 23.2 Å². The van der Waals surface area contributed by atoms with Gasteiger partial charge in [-0.15, -0.1) is 0 Å². The van der Waals surface area contributed by atoms with E-state index in [9.17, 15) is 0 Å². The van der Waals surface area contributed by atoms with Crippen LogP contribution in [0.3, 0.4) is 0 Å². The molecule has 4 aliphatic rings. The predicted octanol–water partition coefficient (Wildman–Crippen LogP) is 6.73. The summed E-state index contributed by atoms with van der Waals surface area (Å²) in [6.07, 6.45) is 23.1. The minimum Gasteiger partial charge on any atom is -0.0654 e. The fraction of sp³-hybridized carbons (Fsp3) is 1.00. The summed E-state index contributed by atoms with van der Waals surface area (Å²) in [5.41, 5.74) is 0.844. The Bertz CT molecular complexity index is 255. The highest BCUT2D eigenvalue weighted by Crippen LogP contribution is 2.61. The number of unbranched alkanes of at least 4 members (excludes halogenated alkanes) is 7. The van der Waals surface area contributed by atoms with Crippen LogP contribution in [0.15, 0.2) is 0 Å². The monoisotopic (exact) mass is 276 g/mol. The zero-order chi connectivity index (χ0) is 13.8. The highest BCUT2D eigenvalue weighted by Gasteiger charge is 2.50. The number of rotatable bonds is 9. The summed E-state index contributed by atoms with van der Waals surface area (Å²) in [4.78, 5) is 0. The maximum Gasteiger partial charge on any atom is -0.0290 e. The summed E-state index contributed by atoms with van der Waals surface area (Å²) in [5.74, 6) is 3.45. The molecular formula is C20H36. The van der Waals surface area contributed by atoms with E-state index in [1.807, 2.05) is 0 Å². The molecule has 0 aromatic rings. The molecule has 0 heterocycles. The SMILES string of the molecule is CCCCCCCCCCC12CC3CC(CC(C3)C1)C2. The molecule has 20 heavy (non-hydrogen) atoms. The molecule has 0 aliphatic heterocycles. The van der Waals surface area contributed by atoms with Gasteiger partial charge in [0, 0.05) is 0 Å². The van der Waals surface area contributed by atoms with Gasteiger partial charge < -0.3 is 0 Å². The quantitative estimate of drug-likeness (QED) is 0.409. The molecule has 0 nitrogen and oxygen atoms in total. The van der Waals surface area contributed by atoms with Crippen LogP contribution in [0.4, 0.5) is 0 Å². The van der Waals surface area contributed by atoms with Gasteiger partial charge in [0.1, 0.15) is 0 Å². The smallest absolute Gasteiger partial charge is 0.0290 e. The molecule has 0 aromatic heterocycles. The Morgan fingerprint density at radius 3 is 1.60 bits per heavy atom. The first-order valence-corrected chi connectivity index (χ1v) is 9.80. The maximum atomic E-state index is 2.31. The summed E-state index contributed by atoms with van der Waals surface area (Å²) < 4.78 is 0. The van der Waals surface area contributed by atoms with Gasteiger partial charge in [-0.25, -0.2) is 0 Å². The van der Waals surface area contributed by atoms with Crippen LogP contribution in [0.2, 0.25) is 0 Å². The van der Waals surface area contributed by atoms with E-state index in [1.165, 1.54) is 44.9 Å². The van der Waals surface area contributed by atoms with Gasteiger partial charge in [-0.2, -0.15) is 0 Å². The van der Waals surface area contributed by atoms with E-state index in [4.69, 9.17) is 0 Å². The van der Waals surface area contributed by atoms with Crippen molar-refractivity contribution in [2.75, 3.05) is 0 Å². The minimum absolute atomic E-state index is 0.844. The third-order valence-corrected chi connectivity index (χ3v) is 6.73. The first-order valence-electron chi connectivity index (χ1n) is 9.80. The third-order valence-electron chi connectivity index (χ3n) is 6.73. The first kappa shape index (κ1) is 14.9. The molecule has 0 amide bonds. The maximum absolute atomic E-state index is 2.31. The van der Waals surface area contributed by atoms with Crippen molar-refractivity contribution in [1.82, 2.24) is 0 Å². The van der Waals surface area contributed by atoms with Crippen LogP contribution in [0.25, 0.3) is 0 Å². The Hall–Kier alpha value is 0. The van der Waals surface area contributed by atoms with Gasteiger partial charge >= 0.3 is 0 Å². The van der Waals surface area contributed by atoms with Crippen LogP contribution >= 0.6 is 0 Å². The van der Waals surface area contributed by atoms with Crippen molar-refractivity contribution in [3.05, 3.63) is 0 Å². The summed E-state index contributed by atoms with van der Waals surface area (Å²) >= 11 is 0. The predicted molar refractivity (Wildman–Crippen MR) is 87.8 cm³/mol. The van der Waals surface area contributed by atoms with Crippen LogP contribution in [0.1, 0.15) is 103 Å². The lowest BCUT2D eigenvalue weighted by molar-refractivity contribution is -0.0583. The average Bonchev–Trinajstić information content (AvgIpc) is 2.40. The van der Waals surface area contributed by atoms with Crippen LogP contribution in [-0.2, 0) is 0 Å². The molecule has 0 saturated heterocycles. The summed E-state index contributed by atoms with van der Waals surface area (Å²) in [7, 11) is 0. The molecule has 4 fully saturated rings. The van der Waals surface area contributed by atoms with Crippen molar-refractivity contribution in [3.63, 3.8) is 0 Å². The van der Waals surface area contributed by atoms with Crippen molar-refractivity contribution in [2.45, 2.75) is 103 Å². The lowest BCUT2D eigenvalue weighted by Gasteiger charge is -2.57. The van der Waals surface area contributed by atoms with E-state index in [0.29, 0.717) is 0 Å². The highest BCUT2D eigenvalue weighted by atomic mass is 14.5. The Balaban J connectivity index is 1.31. The normalized spacial score (nSPS) is 38.5. The van der Waals surface area contributed by atoms with Gasteiger partial charge in [-0.1, -0.05) is 58.3 Å². The van der Waals surface area contributed by atoms with E-state index in [-0.39, 0.29) is 0 Å². The van der Waals surface area contributed by atoms with Crippen molar-refractivity contribution in [3.8, 4) is 0 Å². The van der Waals surface area contributed by atoms with Crippen molar-refractivity contribution >= 4 is 0 Å². The van der Waals surface area contributed by atoms with Crippen LogP contribution in [0.5, 0.6) is 0 Å². The van der Waals surface area contributed by atoms with Crippen molar-refractivity contribution in [2.24, 2.45) is 23.2 Å². The Morgan fingerprint density at radius 1 is 0.650 bits per heavy atom. The van der Waals surface area contributed by atoms with Gasteiger partial charge in [0.2, 0.25) is 0 Å². The minimum atomic E-state index is 0.844. The van der Waals surface area contributed by atoms with Gasteiger partial charge in [0.05, 0.1) is 0 Å². The van der Waals surface area contributed by atoms with E-state index in [1.54, 1.807) is 51.4 Å². The molecule has 4 rings (SSSR count). The van der Waals surface area contributed by atoms with Gasteiger partial charge in [-0.05, 0) is 68.1 Å². The number of hydrogen-bond donors (Lipinski definition) is 0. The van der Waals surface area contributed by atoms with E-state index in [2.05, 4.69) is 6.92 Å². The van der Waals surface area contributed by atoms with Crippen LogP contribution < -0.4 is 0 Å². The third kappa shape index (κ3) is 3.60. The summed E-state index contributed by atoms with van der Waals surface area (Å²) in [5, 5.41) is 0. The van der Waals surface area contributed by atoms with Gasteiger partial charge in [0.15, 0.2) is 0 Å². The zero-order valence-corrected chi connectivity index (χ0v) is 13.8. The fourth-order valence-electron chi connectivity index (χ4n) is 6.23. The zero-order valence-electron chi connectivity index (χ0n) is 13.8. The molecule has 4 aliphatic carbocycles. The lowest BCUT2D eigenvalue weighted by atomic mass is 9.48. The van der Waals surface area contributed by atoms with Crippen molar-refractivity contribution in [1.29, 1.82) is 0 Å². The van der Waals surface area contributed by atoms with E-state index < -0.39 is 0 Å². The molecule has 4 bridgehead atoms. The molecule has 0 heteroatoms. The lowest BCUT2D eigenvalue weighted by Crippen LogP contribution is -2.45. The first-order chi connectivity index (χ1) is 9.80. The summed E-state index contributed by atoms with van der Waals surface area (Å²) in [6.45, 7) is 2.31. The van der Waals surface area contributed by atoms with Crippen molar-refractivity contribution < 1.29 is 0 Å². The Morgan fingerprint density at radius 2 is 1.10 bits per heavy atom. The molecule has 0 aromatic carbocycles. The molecule has 0 spiro atoms. The molecule has 0 unspecified atom stereocenters. The van der Waals surface area contributed by atoms with Gasteiger partial charge in [0.25, 0.3) is 0 Å². The van der Waals surface area contributed by atoms with E-state index in [0.717, 1.165) is 23.2 Å². The largest absolute Gasteiger partial charge is 0.0654 e. The second-order valence-corrected chi connectivity index (χ2v) is 8.64. The number of hydrogen-bond acceptors (Lipinski definition) is 0. The molecule has 0 N–H and O–H groups in total. The molecule has 0 radical (unpaired) electrons. The molecule has 4 saturated carbocycles. The van der Waals surface area contributed by atoms with E-state index >= 15 is 0 Å². The molecule has 0 atom stereocenters. The average molecular weight is 277 g/mol. The second kappa shape index (κ2) is 6.84. The summed E-state index contributed by atoms with van der Waals surface area (Å²) in [6, 6.07) is 0. The molecular weight excluding hydrogens is 240 g/mol. The fourth-order valence-corrected chi connectivity index (χ4v) is 6.23. The second-order valence-electron chi connectivity index (χ2n) is 8.64. The standard InChI is InChI=1S/C20H36/c1-2-3-4-5-6-7-8-9-10-20-14-17-11-18(15-20)13-19(12-17)16-20/h17-19H,2-16H2,1H3. The Kier molecular flexibility index (Phi) is 5.10. The highest BCUT2D eigenvalue weighted by molar-refractivity contribution is 5.01. The molecule has 116 valence electrons. The van der Waals surface area contributed by atoms with Gasteiger partial charge in [-0.3, -0.25) is 0 Å².